The lowest BCUT2D eigenvalue weighted by Crippen LogP contribution is -2.03. The monoisotopic (exact) mass is 334 g/mol. The highest BCUT2D eigenvalue weighted by Crippen LogP contribution is 2.24. The van der Waals surface area contributed by atoms with E-state index in [2.05, 4.69) is 4.98 Å². The molecule has 0 spiro atoms. The number of benzene rings is 2. The van der Waals surface area contributed by atoms with Crippen LogP contribution in [0.1, 0.15) is 21.6 Å². The summed E-state index contributed by atoms with van der Waals surface area (Å²) >= 11 is 0. The highest BCUT2D eigenvalue weighted by molar-refractivity contribution is 5.95. The molecule has 6 heteroatoms. The van der Waals surface area contributed by atoms with Crippen LogP contribution in [0.15, 0.2) is 54.6 Å². The lowest BCUT2D eigenvalue weighted by atomic mass is 10.1. The second-order valence-electron chi connectivity index (χ2n) is 5.25. The molecule has 0 radical (unpaired) electrons. The molecule has 0 aliphatic rings. The molecule has 0 saturated heterocycles. The van der Waals surface area contributed by atoms with Crippen molar-refractivity contribution in [2.45, 2.75) is 0 Å². The first-order valence-electron chi connectivity index (χ1n) is 7.50. The molecule has 3 aromatic rings. The first-order chi connectivity index (χ1) is 12.1. The van der Waals surface area contributed by atoms with Gasteiger partial charge < -0.3 is 4.74 Å². The fourth-order valence-electron chi connectivity index (χ4n) is 2.52. The minimum absolute atomic E-state index is 0.0246. The van der Waals surface area contributed by atoms with Gasteiger partial charge in [0, 0.05) is 6.07 Å². The summed E-state index contributed by atoms with van der Waals surface area (Å²) in [4.78, 5) is 26.8. The van der Waals surface area contributed by atoms with Crippen LogP contribution in [-0.2, 0) is 4.74 Å². The molecule has 0 aliphatic carbocycles. The molecule has 0 N–H and O–H groups in total. The van der Waals surface area contributed by atoms with Crippen LogP contribution < -0.4 is 0 Å². The predicted octanol–water partition coefficient (Wildman–Crippen LogP) is 4.10. The van der Waals surface area contributed by atoms with E-state index < -0.39 is 10.9 Å². The molecule has 124 valence electrons. The number of carbonyl (C=O) groups is 1. The minimum atomic E-state index is -0.424. The Morgan fingerprint density at radius 3 is 2.64 bits per heavy atom. The van der Waals surface area contributed by atoms with Gasteiger partial charge in [0.1, 0.15) is 0 Å². The third-order valence-corrected chi connectivity index (χ3v) is 3.73. The molecular formula is C19H14N2O4. The maximum atomic E-state index is 11.8. The third kappa shape index (κ3) is 3.37. The summed E-state index contributed by atoms with van der Waals surface area (Å²) in [5.74, 6) is -0.414. The van der Waals surface area contributed by atoms with E-state index in [1.54, 1.807) is 54.6 Å². The average Bonchev–Trinajstić information content (AvgIpc) is 2.65. The van der Waals surface area contributed by atoms with Gasteiger partial charge in [-0.2, -0.15) is 0 Å². The quantitative estimate of drug-likeness (QED) is 0.407. The van der Waals surface area contributed by atoms with E-state index in [1.807, 2.05) is 6.07 Å². The molecule has 1 heterocycles. The van der Waals surface area contributed by atoms with Crippen molar-refractivity contribution in [1.82, 2.24) is 4.98 Å². The second-order valence-corrected chi connectivity index (χ2v) is 5.25. The van der Waals surface area contributed by atoms with Crippen molar-refractivity contribution in [3.8, 4) is 0 Å². The number of nitrogens with zero attached hydrogens (tertiary/aromatic N) is 2. The van der Waals surface area contributed by atoms with Gasteiger partial charge in [0.25, 0.3) is 5.69 Å². The van der Waals surface area contributed by atoms with E-state index in [0.29, 0.717) is 27.7 Å². The number of rotatable bonds is 4. The smallest absolute Gasteiger partial charge is 0.338 e. The normalized spacial score (nSPS) is 10.9. The summed E-state index contributed by atoms with van der Waals surface area (Å²) in [5, 5.41) is 11.5. The molecule has 0 saturated carbocycles. The molecule has 0 amide bonds. The van der Waals surface area contributed by atoms with E-state index in [0.717, 1.165) is 0 Å². The van der Waals surface area contributed by atoms with Crippen LogP contribution in [0.25, 0.3) is 23.1 Å². The maximum absolute atomic E-state index is 11.8. The van der Waals surface area contributed by atoms with Gasteiger partial charge in [0.05, 0.1) is 34.2 Å². The summed E-state index contributed by atoms with van der Waals surface area (Å²) in [6.07, 6.45) is 3.51. The summed E-state index contributed by atoms with van der Waals surface area (Å²) < 4.78 is 4.77. The van der Waals surface area contributed by atoms with E-state index in [9.17, 15) is 14.9 Å². The van der Waals surface area contributed by atoms with E-state index in [1.165, 1.54) is 13.2 Å². The molecule has 3 rings (SSSR count). The number of methoxy groups -OCH3 is 1. The van der Waals surface area contributed by atoms with Crippen LogP contribution >= 0.6 is 0 Å². The first kappa shape index (κ1) is 16.3. The number of nitro benzene ring substituents is 1. The van der Waals surface area contributed by atoms with Crippen molar-refractivity contribution in [1.29, 1.82) is 0 Å². The molecule has 0 unspecified atom stereocenters. The zero-order chi connectivity index (χ0) is 17.8. The molecule has 1 aromatic heterocycles. The van der Waals surface area contributed by atoms with Crippen molar-refractivity contribution < 1.29 is 14.5 Å². The van der Waals surface area contributed by atoms with Gasteiger partial charge in [-0.3, -0.25) is 10.1 Å². The standard InChI is InChI=1S/C19H14N2O4/c1-25-19(22)15-6-3-2-5-13(15)9-10-14-11-12-16-17(20-14)7-4-8-18(16)21(23)24/h2-12H,1H3/b10-9+. The Morgan fingerprint density at radius 1 is 1.08 bits per heavy atom. The Bertz CT molecular complexity index is 996. The van der Waals surface area contributed by atoms with Gasteiger partial charge in [-0.1, -0.05) is 30.3 Å². The molecule has 0 atom stereocenters. The Labute approximate surface area is 143 Å². The highest BCUT2D eigenvalue weighted by Gasteiger charge is 2.12. The molecule has 25 heavy (non-hydrogen) atoms. The predicted molar refractivity (Wildman–Crippen MR) is 95.1 cm³/mol. The van der Waals surface area contributed by atoms with Gasteiger partial charge in [-0.15, -0.1) is 0 Å². The number of pyridine rings is 1. The summed E-state index contributed by atoms with van der Waals surface area (Å²) in [7, 11) is 1.33. The largest absolute Gasteiger partial charge is 0.465 e. The fraction of sp³-hybridized carbons (Fsp3) is 0.0526. The number of fused-ring (bicyclic) bond motifs is 1. The van der Waals surface area contributed by atoms with Crippen LogP contribution in [0.2, 0.25) is 0 Å². The first-order valence-corrected chi connectivity index (χ1v) is 7.50. The van der Waals surface area contributed by atoms with Crippen molar-refractivity contribution in [3.05, 3.63) is 81.5 Å². The van der Waals surface area contributed by atoms with Crippen LogP contribution in [-0.4, -0.2) is 23.0 Å². The van der Waals surface area contributed by atoms with E-state index in [4.69, 9.17) is 4.74 Å². The lowest BCUT2D eigenvalue weighted by Gasteiger charge is -2.03. The van der Waals surface area contributed by atoms with Gasteiger partial charge in [-0.05, 0) is 35.9 Å². The van der Waals surface area contributed by atoms with Crippen LogP contribution in [0.4, 0.5) is 5.69 Å². The third-order valence-electron chi connectivity index (χ3n) is 3.73. The summed E-state index contributed by atoms with van der Waals surface area (Å²) in [5.41, 5.74) is 2.36. The van der Waals surface area contributed by atoms with Gasteiger partial charge in [0.15, 0.2) is 0 Å². The van der Waals surface area contributed by atoms with Gasteiger partial charge >= 0.3 is 5.97 Å². The number of ether oxygens (including phenoxy) is 1. The summed E-state index contributed by atoms with van der Waals surface area (Å²) in [6, 6.07) is 15.2. The highest BCUT2D eigenvalue weighted by atomic mass is 16.6. The van der Waals surface area contributed by atoms with Crippen molar-refractivity contribution in [2.75, 3.05) is 7.11 Å². The van der Waals surface area contributed by atoms with Crippen molar-refractivity contribution >= 4 is 34.7 Å². The van der Waals surface area contributed by atoms with E-state index >= 15 is 0 Å². The number of esters is 1. The Kier molecular flexibility index (Phi) is 4.52. The molecule has 2 aromatic carbocycles. The molecule has 0 bridgehead atoms. The Hall–Kier alpha value is -3.54. The molecule has 0 aliphatic heterocycles. The number of aromatic nitrogens is 1. The molecule has 0 fully saturated rings. The van der Waals surface area contributed by atoms with Crippen LogP contribution in [0.3, 0.4) is 0 Å². The van der Waals surface area contributed by atoms with Crippen LogP contribution in [0, 0.1) is 10.1 Å². The molecule has 6 nitrogen and oxygen atoms in total. The average molecular weight is 334 g/mol. The number of carbonyl (C=O) groups excluding carboxylic acids is 1. The lowest BCUT2D eigenvalue weighted by molar-refractivity contribution is -0.383. The van der Waals surface area contributed by atoms with E-state index in [-0.39, 0.29) is 5.69 Å². The number of hydrogen-bond acceptors (Lipinski definition) is 5. The Morgan fingerprint density at radius 2 is 1.88 bits per heavy atom. The van der Waals surface area contributed by atoms with Gasteiger partial charge in [0.2, 0.25) is 0 Å². The number of nitro groups is 1. The minimum Gasteiger partial charge on any atom is -0.465 e. The Balaban J connectivity index is 1.98. The maximum Gasteiger partial charge on any atom is 0.338 e. The zero-order valence-corrected chi connectivity index (χ0v) is 13.4. The van der Waals surface area contributed by atoms with Crippen molar-refractivity contribution in [2.24, 2.45) is 0 Å². The second kappa shape index (κ2) is 6.92. The zero-order valence-electron chi connectivity index (χ0n) is 13.4. The van der Waals surface area contributed by atoms with Crippen molar-refractivity contribution in [3.63, 3.8) is 0 Å². The number of hydrogen-bond donors (Lipinski definition) is 0. The fourth-order valence-corrected chi connectivity index (χ4v) is 2.52. The number of non-ortho nitro benzene ring substituents is 1. The van der Waals surface area contributed by atoms with Gasteiger partial charge in [-0.25, -0.2) is 9.78 Å². The van der Waals surface area contributed by atoms with Crippen LogP contribution in [0.5, 0.6) is 0 Å². The summed E-state index contributed by atoms with van der Waals surface area (Å²) in [6.45, 7) is 0. The SMILES string of the molecule is COC(=O)c1ccccc1/C=C/c1ccc2c([N+](=O)[O-])cccc2n1. The topological polar surface area (TPSA) is 82.3 Å². The molecular weight excluding hydrogens is 320 g/mol.